The van der Waals surface area contributed by atoms with Gasteiger partial charge in [0.15, 0.2) is 5.65 Å². The van der Waals surface area contributed by atoms with E-state index in [1.165, 1.54) is 0 Å². The van der Waals surface area contributed by atoms with Crippen molar-refractivity contribution < 1.29 is 9.53 Å². The van der Waals surface area contributed by atoms with Crippen molar-refractivity contribution in [1.29, 1.82) is 0 Å². The molecule has 1 saturated heterocycles. The topological polar surface area (TPSA) is 76.4 Å². The Hall–Kier alpha value is -2.22. The van der Waals surface area contributed by atoms with Crippen LogP contribution >= 0.6 is 0 Å². The van der Waals surface area contributed by atoms with Crippen LogP contribution < -0.4 is 4.90 Å². The molecule has 8 heteroatoms. The molecular formula is C15H22N6O2. The van der Waals surface area contributed by atoms with Gasteiger partial charge in [-0.1, -0.05) is 0 Å². The highest BCUT2D eigenvalue weighted by Gasteiger charge is 2.23. The molecule has 0 radical (unpaired) electrons. The summed E-state index contributed by atoms with van der Waals surface area (Å²) >= 11 is 0. The largest absolute Gasteiger partial charge is 0.378 e. The first-order valence-corrected chi connectivity index (χ1v) is 7.97. The summed E-state index contributed by atoms with van der Waals surface area (Å²) in [6.07, 6.45) is 1.76. The minimum absolute atomic E-state index is 0.146. The fourth-order valence-electron chi connectivity index (χ4n) is 2.77. The SMILES string of the molecule is CCN(CC)C(=O)c1nc(N2CCOCC2)c2cnn(C)c2n1. The van der Waals surface area contributed by atoms with E-state index in [4.69, 9.17) is 4.74 Å². The summed E-state index contributed by atoms with van der Waals surface area (Å²) < 4.78 is 7.09. The van der Waals surface area contributed by atoms with E-state index in [9.17, 15) is 4.79 Å². The van der Waals surface area contributed by atoms with E-state index in [2.05, 4.69) is 20.0 Å². The number of amides is 1. The number of nitrogens with zero attached hydrogens (tertiary/aromatic N) is 6. The van der Waals surface area contributed by atoms with Crippen molar-refractivity contribution in [3.05, 3.63) is 12.0 Å². The van der Waals surface area contributed by atoms with Crippen LogP contribution in [0.2, 0.25) is 0 Å². The molecular weight excluding hydrogens is 296 g/mol. The van der Waals surface area contributed by atoms with Gasteiger partial charge in [-0.05, 0) is 13.8 Å². The summed E-state index contributed by atoms with van der Waals surface area (Å²) in [5.74, 6) is 0.848. The van der Waals surface area contributed by atoms with E-state index < -0.39 is 0 Å². The molecule has 1 fully saturated rings. The van der Waals surface area contributed by atoms with Gasteiger partial charge < -0.3 is 14.5 Å². The molecule has 0 atom stereocenters. The standard InChI is InChI=1S/C15H22N6O2/c1-4-20(5-2)15(22)12-17-13-11(10-16-19(13)3)14(18-12)21-6-8-23-9-7-21/h10H,4-9H2,1-3H3. The Bertz CT molecular complexity index is 703. The number of carbonyl (C=O) groups excluding carboxylic acids is 1. The van der Waals surface area contributed by atoms with Gasteiger partial charge in [-0.3, -0.25) is 9.48 Å². The number of ether oxygens (including phenoxy) is 1. The van der Waals surface area contributed by atoms with Gasteiger partial charge in [-0.2, -0.15) is 5.10 Å². The highest BCUT2D eigenvalue weighted by atomic mass is 16.5. The van der Waals surface area contributed by atoms with Crippen LogP contribution in [-0.4, -0.2) is 69.9 Å². The van der Waals surface area contributed by atoms with Gasteiger partial charge in [-0.15, -0.1) is 0 Å². The van der Waals surface area contributed by atoms with Crippen LogP contribution in [0.5, 0.6) is 0 Å². The summed E-state index contributed by atoms with van der Waals surface area (Å²) in [4.78, 5) is 25.5. The lowest BCUT2D eigenvalue weighted by molar-refractivity contribution is 0.0761. The second-order valence-electron chi connectivity index (χ2n) is 5.45. The number of aryl methyl sites for hydroxylation is 1. The third kappa shape index (κ3) is 2.86. The molecule has 3 rings (SSSR count). The van der Waals surface area contributed by atoms with Gasteiger partial charge in [0, 0.05) is 33.2 Å². The average Bonchev–Trinajstić information content (AvgIpc) is 2.97. The van der Waals surface area contributed by atoms with Crippen LogP contribution in [0.4, 0.5) is 5.82 Å². The lowest BCUT2D eigenvalue weighted by Crippen LogP contribution is -2.38. The van der Waals surface area contributed by atoms with Crippen LogP contribution in [0.1, 0.15) is 24.5 Å². The first-order valence-electron chi connectivity index (χ1n) is 7.97. The maximum absolute atomic E-state index is 12.6. The summed E-state index contributed by atoms with van der Waals surface area (Å²) in [7, 11) is 1.82. The number of fused-ring (bicyclic) bond motifs is 1. The molecule has 0 bridgehead atoms. The van der Waals surface area contributed by atoms with Crippen molar-refractivity contribution in [1.82, 2.24) is 24.6 Å². The van der Waals surface area contributed by atoms with E-state index in [1.807, 2.05) is 20.9 Å². The molecule has 2 aromatic heterocycles. The van der Waals surface area contributed by atoms with Crippen molar-refractivity contribution in [2.75, 3.05) is 44.3 Å². The summed E-state index contributed by atoms with van der Waals surface area (Å²) in [5.41, 5.74) is 0.678. The zero-order valence-electron chi connectivity index (χ0n) is 13.8. The maximum Gasteiger partial charge on any atom is 0.291 e. The molecule has 0 saturated carbocycles. The predicted octanol–water partition coefficient (Wildman–Crippen LogP) is 0.682. The number of anilines is 1. The molecule has 23 heavy (non-hydrogen) atoms. The lowest BCUT2D eigenvalue weighted by atomic mass is 10.3. The summed E-state index contributed by atoms with van der Waals surface area (Å²) in [5, 5.41) is 5.13. The third-order valence-electron chi connectivity index (χ3n) is 4.12. The minimum Gasteiger partial charge on any atom is -0.378 e. The first-order chi connectivity index (χ1) is 11.2. The van der Waals surface area contributed by atoms with Crippen LogP contribution in [0.3, 0.4) is 0 Å². The molecule has 1 aliphatic rings. The molecule has 8 nitrogen and oxygen atoms in total. The number of rotatable bonds is 4. The Morgan fingerprint density at radius 1 is 1.26 bits per heavy atom. The fraction of sp³-hybridized carbons (Fsp3) is 0.600. The minimum atomic E-state index is -0.146. The number of carbonyl (C=O) groups is 1. The molecule has 1 amide bonds. The number of hydrogen-bond donors (Lipinski definition) is 0. The van der Waals surface area contributed by atoms with Crippen molar-refractivity contribution in [2.24, 2.45) is 7.05 Å². The second kappa shape index (κ2) is 6.49. The smallest absolute Gasteiger partial charge is 0.291 e. The van der Waals surface area contributed by atoms with E-state index in [-0.39, 0.29) is 11.7 Å². The lowest BCUT2D eigenvalue weighted by Gasteiger charge is -2.28. The quantitative estimate of drug-likeness (QED) is 0.825. The van der Waals surface area contributed by atoms with E-state index in [0.717, 1.165) is 24.3 Å². The molecule has 0 spiro atoms. The van der Waals surface area contributed by atoms with Crippen molar-refractivity contribution in [3.63, 3.8) is 0 Å². The van der Waals surface area contributed by atoms with Crippen LogP contribution in [0.15, 0.2) is 6.20 Å². The Morgan fingerprint density at radius 3 is 2.61 bits per heavy atom. The molecule has 0 N–H and O–H groups in total. The Morgan fingerprint density at radius 2 is 1.96 bits per heavy atom. The number of hydrogen-bond acceptors (Lipinski definition) is 6. The zero-order valence-corrected chi connectivity index (χ0v) is 13.8. The zero-order chi connectivity index (χ0) is 16.4. The van der Waals surface area contributed by atoms with Crippen molar-refractivity contribution >= 4 is 22.8 Å². The highest BCUT2D eigenvalue weighted by molar-refractivity contribution is 5.95. The van der Waals surface area contributed by atoms with E-state index in [0.29, 0.717) is 32.0 Å². The van der Waals surface area contributed by atoms with Gasteiger partial charge in [0.05, 0.1) is 24.8 Å². The monoisotopic (exact) mass is 318 g/mol. The second-order valence-corrected chi connectivity index (χ2v) is 5.45. The van der Waals surface area contributed by atoms with Gasteiger partial charge >= 0.3 is 0 Å². The summed E-state index contributed by atoms with van der Waals surface area (Å²) in [6.45, 7) is 7.99. The van der Waals surface area contributed by atoms with Crippen molar-refractivity contribution in [2.45, 2.75) is 13.8 Å². The van der Waals surface area contributed by atoms with E-state index >= 15 is 0 Å². The predicted molar refractivity (Wildman–Crippen MR) is 86.6 cm³/mol. The van der Waals surface area contributed by atoms with E-state index in [1.54, 1.807) is 15.8 Å². The van der Waals surface area contributed by atoms with Gasteiger partial charge in [0.25, 0.3) is 5.91 Å². The molecule has 3 heterocycles. The molecule has 0 aliphatic carbocycles. The molecule has 124 valence electrons. The maximum atomic E-state index is 12.6. The van der Waals surface area contributed by atoms with Gasteiger partial charge in [-0.25, -0.2) is 9.97 Å². The van der Waals surface area contributed by atoms with Gasteiger partial charge in [0.2, 0.25) is 5.82 Å². The fourth-order valence-corrected chi connectivity index (χ4v) is 2.77. The molecule has 2 aromatic rings. The normalized spacial score (nSPS) is 15.2. The molecule has 0 unspecified atom stereocenters. The Balaban J connectivity index is 2.08. The van der Waals surface area contributed by atoms with Crippen LogP contribution in [0, 0.1) is 0 Å². The highest BCUT2D eigenvalue weighted by Crippen LogP contribution is 2.24. The Labute approximate surface area is 135 Å². The summed E-state index contributed by atoms with van der Waals surface area (Å²) in [6, 6.07) is 0. The van der Waals surface area contributed by atoms with Crippen LogP contribution in [-0.2, 0) is 11.8 Å². The molecule has 0 aromatic carbocycles. The molecule has 1 aliphatic heterocycles. The average molecular weight is 318 g/mol. The van der Waals surface area contributed by atoms with Crippen LogP contribution in [0.25, 0.3) is 11.0 Å². The number of aromatic nitrogens is 4. The van der Waals surface area contributed by atoms with Crippen molar-refractivity contribution in [3.8, 4) is 0 Å². The third-order valence-corrected chi connectivity index (χ3v) is 4.12. The Kier molecular flexibility index (Phi) is 4.42. The number of morpholine rings is 1. The van der Waals surface area contributed by atoms with Gasteiger partial charge in [0.1, 0.15) is 5.82 Å². The first kappa shape index (κ1) is 15.7.